The zero-order valence-corrected chi connectivity index (χ0v) is 8.89. The van der Waals surface area contributed by atoms with E-state index in [-0.39, 0.29) is 21.9 Å². The van der Waals surface area contributed by atoms with Gasteiger partial charge in [-0.05, 0) is 11.6 Å². The van der Waals surface area contributed by atoms with E-state index in [9.17, 15) is 4.79 Å². The number of carbonyl (C=O) groups is 1. The summed E-state index contributed by atoms with van der Waals surface area (Å²) >= 11 is 11.2. The smallest absolute Gasteiger partial charge is 0.360 e. The molecule has 0 saturated carbocycles. The lowest BCUT2D eigenvalue weighted by Crippen LogP contribution is -2.08. The Hall–Kier alpha value is -1.07. The molecule has 7 heteroatoms. The highest BCUT2D eigenvalue weighted by Crippen LogP contribution is 2.26. The quantitative estimate of drug-likeness (QED) is 0.444. The molecule has 0 amide bonds. The van der Waals surface area contributed by atoms with Gasteiger partial charge in [0.1, 0.15) is 0 Å². The molecular formula is C7H6Cl2N2O3. The summed E-state index contributed by atoms with van der Waals surface area (Å²) in [6.45, 7) is 0. The molecule has 1 heterocycles. The molecule has 1 aromatic rings. The number of esters is 1. The van der Waals surface area contributed by atoms with E-state index in [0.717, 1.165) is 0 Å². The van der Waals surface area contributed by atoms with Crippen LogP contribution in [0.5, 0.6) is 5.75 Å². The van der Waals surface area contributed by atoms with Gasteiger partial charge in [-0.1, -0.05) is 11.6 Å². The molecule has 0 N–H and O–H groups in total. The molecule has 0 aliphatic heterocycles. The predicted octanol–water partition coefficient (Wildman–Crippen LogP) is 1.58. The van der Waals surface area contributed by atoms with E-state index < -0.39 is 5.97 Å². The number of methoxy groups -OCH3 is 2. The highest BCUT2D eigenvalue weighted by atomic mass is 35.5. The van der Waals surface area contributed by atoms with Crippen molar-refractivity contribution < 1.29 is 14.3 Å². The summed E-state index contributed by atoms with van der Waals surface area (Å²) in [7, 11) is 2.55. The van der Waals surface area contributed by atoms with Crippen LogP contribution in [-0.2, 0) is 4.74 Å². The number of aromatic nitrogens is 2. The Morgan fingerprint density at radius 3 is 2.43 bits per heavy atom. The van der Waals surface area contributed by atoms with Crippen LogP contribution >= 0.6 is 23.2 Å². The van der Waals surface area contributed by atoms with Gasteiger partial charge < -0.3 is 9.47 Å². The second-order valence-corrected chi connectivity index (χ2v) is 2.85. The van der Waals surface area contributed by atoms with Crippen molar-refractivity contribution in [1.29, 1.82) is 0 Å². The van der Waals surface area contributed by atoms with Gasteiger partial charge in [0.25, 0.3) is 0 Å². The molecule has 0 spiro atoms. The van der Waals surface area contributed by atoms with Gasteiger partial charge in [0.15, 0.2) is 16.6 Å². The van der Waals surface area contributed by atoms with Crippen molar-refractivity contribution in [1.82, 2.24) is 9.97 Å². The fourth-order valence-electron chi connectivity index (χ4n) is 0.813. The molecule has 14 heavy (non-hydrogen) atoms. The maximum absolute atomic E-state index is 11.2. The molecule has 1 rings (SSSR count). The van der Waals surface area contributed by atoms with E-state index in [2.05, 4.69) is 14.7 Å². The zero-order valence-electron chi connectivity index (χ0n) is 7.38. The second kappa shape index (κ2) is 4.43. The van der Waals surface area contributed by atoms with Crippen LogP contribution in [0.1, 0.15) is 10.5 Å². The molecule has 0 saturated heterocycles. The molecule has 0 aromatic carbocycles. The number of nitrogens with zero attached hydrogens (tertiary/aromatic N) is 2. The van der Waals surface area contributed by atoms with Crippen LogP contribution in [0.25, 0.3) is 0 Å². The minimum atomic E-state index is -0.687. The topological polar surface area (TPSA) is 61.3 Å². The van der Waals surface area contributed by atoms with E-state index in [0.29, 0.717) is 0 Å². The van der Waals surface area contributed by atoms with Gasteiger partial charge in [-0.2, -0.15) is 0 Å². The maximum atomic E-state index is 11.2. The standard InChI is InChI=1S/C7H6Cl2N2O3/c1-13-4-3(6(12)14-2)10-7(9)11-5(4)8/h1-2H3. The van der Waals surface area contributed by atoms with Gasteiger partial charge in [0.05, 0.1) is 14.2 Å². The third kappa shape index (κ3) is 2.05. The minimum absolute atomic E-state index is 0.0344. The van der Waals surface area contributed by atoms with Crippen LogP contribution in [0.3, 0.4) is 0 Å². The molecule has 0 bridgehead atoms. The largest absolute Gasteiger partial charge is 0.491 e. The number of carbonyl (C=O) groups excluding carboxylic acids is 1. The first-order chi connectivity index (χ1) is 6.60. The van der Waals surface area contributed by atoms with E-state index in [1.54, 1.807) is 0 Å². The molecule has 0 unspecified atom stereocenters. The van der Waals surface area contributed by atoms with Gasteiger partial charge in [-0.25, -0.2) is 14.8 Å². The van der Waals surface area contributed by atoms with E-state index >= 15 is 0 Å². The summed E-state index contributed by atoms with van der Waals surface area (Å²) in [5, 5.41) is -0.177. The zero-order chi connectivity index (χ0) is 10.7. The first-order valence-electron chi connectivity index (χ1n) is 3.45. The van der Waals surface area contributed by atoms with Crippen LogP contribution in [-0.4, -0.2) is 30.2 Å². The second-order valence-electron chi connectivity index (χ2n) is 2.16. The summed E-state index contributed by atoms with van der Waals surface area (Å²) in [6, 6.07) is 0. The monoisotopic (exact) mass is 236 g/mol. The Bertz CT molecular complexity index is 370. The molecule has 0 aliphatic carbocycles. The van der Waals surface area contributed by atoms with Crippen LogP contribution in [0.15, 0.2) is 0 Å². The van der Waals surface area contributed by atoms with Crippen molar-refractivity contribution in [2.75, 3.05) is 14.2 Å². The van der Waals surface area contributed by atoms with Gasteiger partial charge in [0.2, 0.25) is 5.28 Å². The lowest BCUT2D eigenvalue weighted by molar-refractivity contribution is 0.0589. The highest BCUT2D eigenvalue weighted by Gasteiger charge is 2.19. The minimum Gasteiger partial charge on any atom is -0.491 e. The summed E-state index contributed by atoms with van der Waals surface area (Å²) in [6.07, 6.45) is 0. The van der Waals surface area contributed by atoms with Crippen molar-refractivity contribution in [3.63, 3.8) is 0 Å². The SMILES string of the molecule is COC(=O)c1nc(Cl)nc(Cl)c1OC. The first-order valence-corrected chi connectivity index (χ1v) is 4.21. The molecule has 0 radical (unpaired) electrons. The molecule has 5 nitrogen and oxygen atoms in total. The Labute approximate surface area is 90.0 Å². The average Bonchev–Trinajstić information content (AvgIpc) is 2.15. The van der Waals surface area contributed by atoms with Crippen LogP contribution < -0.4 is 4.74 Å². The molecule has 1 aromatic heterocycles. The Morgan fingerprint density at radius 1 is 1.29 bits per heavy atom. The first kappa shape index (κ1) is 11.0. The van der Waals surface area contributed by atoms with Crippen molar-refractivity contribution in [3.05, 3.63) is 16.1 Å². The van der Waals surface area contributed by atoms with Crippen molar-refractivity contribution in [3.8, 4) is 5.75 Å². The van der Waals surface area contributed by atoms with E-state index in [4.69, 9.17) is 27.9 Å². The Kier molecular flexibility index (Phi) is 3.49. The third-order valence-electron chi connectivity index (χ3n) is 1.38. The van der Waals surface area contributed by atoms with Gasteiger partial charge in [-0.15, -0.1) is 0 Å². The van der Waals surface area contributed by atoms with E-state index in [1.165, 1.54) is 14.2 Å². The summed E-state index contributed by atoms with van der Waals surface area (Å²) in [5.74, 6) is -0.643. The number of halogens is 2. The van der Waals surface area contributed by atoms with Crippen LogP contribution in [0.2, 0.25) is 10.4 Å². The molecular weight excluding hydrogens is 231 g/mol. The summed E-state index contributed by atoms with van der Waals surface area (Å²) in [5.41, 5.74) is -0.0972. The number of hydrogen-bond acceptors (Lipinski definition) is 5. The fourth-order valence-corrected chi connectivity index (χ4v) is 1.27. The predicted molar refractivity (Wildman–Crippen MR) is 49.9 cm³/mol. The Balaban J connectivity index is 3.32. The molecule has 0 atom stereocenters. The fraction of sp³-hybridized carbons (Fsp3) is 0.286. The van der Waals surface area contributed by atoms with Crippen molar-refractivity contribution in [2.24, 2.45) is 0 Å². The van der Waals surface area contributed by atoms with Crippen molar-refractivity contribution >= 4 is 29.2 Å². The lowest BCUT2D eigenvalue weighted by atomic mass is 10.4. The van der Waals surface area contributed by atoms with E-state index in [1.807, 2.05) is 0 Å². The lowest BCUT2D eigenvalue weighted by Gasteiger charge is -2.06. The Morgan fingerprint density at radius 2 is 1.93 bits per heavy atom. The molecule has 76 valence electrons. The van der Waals surface area contributed by atoms with Gasteiger partial charge >= 0.3 is 5.97 Å². The van der Waals surface area contributed by atoms with Gasteiger partial charge in [0, 0.05) is 0 Å². The molecule has 0 aliphatic rings. The normalized spacial score (nSPS) is 9.71. The highest BCUT2D eigenvalue weighted by molar-refractivity contribution is 6.33. The maximum Gasteiger partial charge on any atom is 0.360 e. The average molecular weight is 237 g/mol. The number of ether oxygens (including phenoxy) is 2. The summed E-state index contributed by atoms with van der Waals surface area (Å²) in [4.78, 5) is 18.4. The van der Waals surface area contributed by atoms with Crippen LogP contribution in [0.4, 0.5) is 0 Å². The third-order valence-corrected chi connectivity index (χ3v) is 1.80. The van der Waals surface area contributed by atoms with Crippen LogP contribution in [0, 0.1) is 0 Å². The van der Waals surface area contributed by atoms with Gasteiger partial charge in [-0.3, -0.25) is 0 Å². The number of hydrogen-bond donors (Lipinski definition) is 0. The number of rotatable bonds is 2. The summed E-state index contributed by atoms with van der Waals surface area (Å²) < 4.78 is 9.30. The van der Waals surface area contributed by atoms with Crippen molar-refractivity contribution in [2.45, 2.75) is 0 Å². The molecule has 0 fully saturated rings.